The van der Waals surface area contributed by atoms with E-state index < -0.39 is 9.03 Å². The minimum Gasteiger partial charge on any atom is -0.352 e. The molecule has 5 nitrogen and oxygen atoms in total. The maximum atomic E-state index is 8.80. The highest BCUT2D eigenvalue weighted by Gasteiger charge is 2.25. The number of nitrogens with zero attached hydrogens (tertiary/aromatic N) is 3. The van der Waals surface area contributed by atoms with Crippen LogP contribution in [0.1, 0.15) is 58.1 Å². The molecule has 0 spiro atoms. The molecule has 1 fully saturated rings. The van der Waals surface area contributed by atoms with Gasteiger partial charge in [-0.15, -0.1) is 0 Å². The van der Waals surface area contributed by atoms with E-state index in [1.165, 1.54) is 12.8 Å². The van der Waals surface area contributed by atoms with Gasteiger partial charge in [0.1, 0.15) is 0 Å². The van der Waals surface area contributed by atoms with E-state index in [4.69, 9.17) is 9.42 Å². The van der Waals surface area contributed by atoms with Gasteiger partial charge in [-0.05, 0) is 37.8 Å². The number of aromatic nitrogens is 2. The Bertz CT molecular complexity index is 449. The summed E-state index contributed by atoms with van der Waals surface area (Å²) in [4.78, 5) is 19.7. The van der Waals surface area contributed by atoms with Crippen LogP contribution in [-0.4, -0.2) is 34.1 Å². The first-order valence-corrected chi connectivity index (χ1v) is 9.24. The van der Waals surface area contributed by atoms with Crippen molar-refractivity contribution in [2.24, 2.45) is 0 Å². The SMILES string of the molecule is C=Cc1ccnc(N(C)C2CCC(OPO)CC2)n1.CCCC. The molecular weight excluding hydrogens is 309 g/mol. The maximum absolute atomic E-state index is 8.80. The normalized spacial score (nSPS) is 20.9. The van der Waals surface area contributed by atoms with Gasteiger partial charge in [-0.2, -0.15) is 0 Å². The summed E-state index contributed by atoms with van der Waals surface area (Å²) >= 11 is 0. The second-order valence-corrected chi connectivity index (χ2v) is 6.15. The van der Waals surface area contributed by atoms with Crippen molar-refractivity contribution in [3.63, 3.8) is 0 Å². The summed E-state index contributed by atoms with van der Waals surface area (Å²) in [6.45, 7) is 8.09. The molecule has 1 atom stereocenters. The van der Waals surface area contributed by atoms with Crippen LogP contribution >= 0.6 is 9.03 Å². The van der Waals surface area contributed by atoms with Crippen LogP contribution in [0.15, 0.2) is 18.8 Å². The molecule has 0 bridgehead atoms. The van der Waals surface area contributed by atoms with Gasteiger partial charge in [-0.1, -0.05) is 33.3 Å². The molecule has 1 aromatic rings. The van der Waals surface area contributed by atoms with Crippen LogP contribution in [0.2, 0.25) is 0 Å². The van der Waals surface area contributed by atoms with Crippen molar-refractivity contribution in [2.45, 2.75) is 64.5 Å². The molecule has 0 saturated heterocycles. The molecule has 23 heavy (non-hydrogen) atoms. The lowest BCUT2D eigenvalue weighted by Crippen LogP contribution is -2.37. The van der Waals surface area contributed by atoms with Crippen molar-refractivity contribution in [1.82, 2.24) is 9.97 Å². The maximum Gasteiger partial charge on any atom is 0.225 e. The van der Waals surface area contributed by atoms with Gasteiger partial charge >= 0.3 is 0 Å². The Labute approximate surface area is 142 Å². The molecule has 2 rings (SSSR count). The van der Waals surface area contributed by atoms with Gasteiger partial charge in [0.2, 0.25) is 5.95 Å². The lowest BCUT2D eigenvalue weighted by molar-refractivity contribution is 0.155. The monoisotopic (exact) mass is 339 g/mol. The molecule has 1 saturated carbocycles. The zero-order valence-electron chi connectivity index (χ0n) is 14.5. The van der Waals surface area contributed by atoms with Crippen molar-refractivity contribution in [3.05, 3.63) is 24.5 Å². The van der Waals surface area contributed by atoms with Gasteiger partial charge in [0, 0.05) is 19.3 Å². The van der Waals surface area contributed by atoms with Crippen LogP contribution in [0, 0.1) is 0 Å². The summed E-state index contributed by atoms with van der Waals surface area (Å²) in [7, 11) is 1.63. The molecule has 6 heteroatoms. The minimum absolute atomic E-state index is 0.202. The van der Waals surface area contributed by atoms with Crippen LogP contribution in [-0.2, 0) is 4.52 Å². The van der Waals surface area contributed by atoms with E-state index >= 15 is 0 Å². The predicted molar refractivity (Wildman–Crippen MR) is 98.8 cm³/mol. The van der Waals surface area contributed by atoms with Crippen LogP contribution < -0.4 is 4.90 Å². The topological polar surface area (TPSA) is 58.5 Å². The van der Waals surface area contributed by atoms with Crippen molar-refractivity contribution >= 4 is 21.1 Å². The van der Waals surface area contributed by atoms with Gasteiger partial charge in [0.05, 0.1) is 11.8 Å². The number of unbranched alkanes of at least 4 members (excludes halogenated alkanes) is 1. The summed E-state index contributed by atoms with van der Waals surface area (Å²) in [5.41, 5.74) is 0.843. The van der Waals surface area contributed by atoms with Crippen LogP contribution in [0.5, 0.6) is 0 Å². The third kappa shape index (κ3) is 6.94. The third-order valence-electron chi connectivity index (χ3n) is 4.10. The lowest BCUT2D eigenvalue weighted by Gasteiger charge is -2.34. The van der Waals surface area contributed by atoms with E-state index in [-0.39, 0.29) is 6.10 Å². The Kier molecular flexibility index (Phi) is 10.0. The fraction of sp³-hybridized carbons (Fsp3) is 0.647. The Morgan fingerprint density at radius 2 is 2.00 bits per heavy atom. The molecule has 0 aromatic carbocycles. The fourth-order valence-electron chi connectivity index (χ4n) is 2.43. The summed E-state index contributed by atoms with van der Waals surface area (Å²) in [5, 5.41) is 0. The Morgan fingerprint density at radius 3 is 2.52 bits per heavy atom. The number of rotatable bonds is 6. The van der Waals surface area contributed by atoms with Gasteiger partial charge in [0.15, 0.2) is 9.03 Å². The number of hydrogen-bond donors (Lipinski definition) is 1. The highest BCUT2D eigenvalue weighted by atomic mass is 31.1. The second kappa shape index (κ2) is 11.5. The zero-order chi connectivity index (χ0) is 17.1. The van der Waals surface area contributed by atoms with E-state index in [9.17, 15) is 0 Å². The Morgan fingerprint density at radius 1 is 1.35 bits per heavy atom. The first kappa shape index (κ1) is 20.0. The first-order chi connectivity index (χ1) is 11.2. The smallest absolute Gasteiger partial charge is 0.225 e. The Balaban J connectivity index is 0.000000593. The van der Waals surface area contributed by atoms with Crippen molar-refractivity contribution in [1.29, 1.82) is 0 Å². The zero-order valence-corrected chi connectivity index (χ0v) is 15.5. The van der Waals surface area contributed by atoms with Crippen molar-refractivity contribution in [3.8, 4) is 0 Å². The predicted octanol–water partition coefficient (Wildman–Crippen LogP) is 4.19. The lowest BCUT2D eigenvalue weighted by atomic mass is 9.92. The quantitative estimate of drug-likeness (QED) is 0.788. The van der Waals surface area contributed by atoms with E-state index in [1.54, 1.807) is 12.3 Å². The Hall–Kier alpha value is -1.03. The van der Waals surface area contributed by atoms with Crippen molar-refractivity contribution < 1.29 is 9.42 Å². The summed E-state index contributed by atoms with van der Waals surface area (Å²) < 4.78 is 5.27. The molecule has 0 radical (unpaired) electrons. The van der Waals surface area contributed by atoms with E-state index in [2.05, 4.69) is 35.3 Å². The van der Waals surface area contributed by atoms with Gasteiger partial charge in [-0.25, -0.2) is 9.97 Å². The molecule has 1 aromatic heterocycles. The van der Waals surface area contributed by atoms with E-state index in [0.29, 0.717) is 6.04 Å². The molecule has 1 unspecified atom stereocenters. The van der Waals surface area contributed by atoms with Gasteiger partial charge in [0.25, 0.3) is 0 Å². The summed E-state index contributed by atoms with van der Waals surface area (Å²) in [5.74, 6) is 0.741. The standard InChI is InChI=1S/C13H20N3O2P.C4H10/c1-3-10-8-9-14-13(15-10)16(2)11-4-6-12(7-5-11)18-19-17;1-3-4-2/h3,8-9,11-12,17,19H,1,4-7H2,2H3;3-4H2,1-2H3. The summed E-state index contributed by atoms with van der Waals surface area (Å²) in [6.07, 6.45) is 10.4. The highest BCUT2D eigenvalue weighted by molar-refractivity contribution is 7.25. The average molecular weight is 339 g/mol. The minimum atomic E-state index is -0.403. The van der Waals surface area contributed by atoms with E-state index in [1.807, 2.05) is 13.1 Å². The largest absolute Gasteiger partial charge is 0.352 e. The van der Waals surface area contributed by atoms with E-state index in [0.717, 1.165) is 37.3 Å². The van der Waals surface area contributed by atoms with Crippen LogP contribution in [0.25, 0.3) is 6.08 Å². The molecule has 0 amide bonds. The molecule has 1 aliphatic rings. The number of anilines is 1. The average Bonchev–Trinajstić information content (AvgIpc) is 2.62. The molecule has 1 heterocycles. The van der Waals surface area contributed by atoms with Gasteiger partial charge in [-0.3, -0.25) is 0 Å². The molecule has 130 valence electrons. The highest BCUT2D eigenvalue weighted by Crippen LogP contribution is 2.29. The van der Waals surface area contributed by atoms with Crippen LogP contribution in [0.4, 0.5) is 5.95 Å². The molecule has 0 aliphatic heterocycles. The first-order valence-electron chi connectivity index (χ1n) is 8.39. The summed E-state index contributed by atoms with van der Waals surface area (Å²) in [6, 6.07) is 2.28. The molecule has 1 aliphatic carbocycles. The van der Waals surface area contributed by atoms with Gasteiger partial charge < -0.3 is 14.3 Å². The number of hydrogen-bond acceptors (Lipinski definition) is 5. The molecular formula is C17H30N3O2P. The second-order valence-electron chi connectivity index (χ2n) is 5.74. The third-order valence-corrected chi connectivity index (χ3v) is 4.54. The van der Waals surface area contributed by atoms with Crippen molar-refractivity contribution in [2.75, 3.05) is 11.9 Å². The van der Waals surface area contributed by atoms with Crippen LogP contribution in [0.3, 0.4) is 0 Å². The molecule has 1 N–H and O–H groups in total. The fourth-order valence-corrected chi connectivity index (χ4v) is 2.82.